The number of benzene rings is 3. The van der Waals surface area contributed by atoms with E-state index in [1.807, 2.05) is 0 Å². The van der Waals surface area contributed by atoms with Gasteiger partial charge in [0.15, 0.2) is 17.3 Å². The quantitative estimate of drug-likeness (QED) is 0.188. The number of phenolic OH excluding ortho intramolecular Hbond substituents is 3. The van der Waals surface area contributed by atoms with E-state index in [4.69, 9.17) is 18.6 Å². The van der Waals surface area contributed by atoms with E-state index in [-0.39, 0.29) is 40.0 Å². The van der Waals surface area contributed by atoms with Crippen LogP contribution < -0.4 is 19.6 Å². The van der Waals surface area contributed by atoms with E-state index in [1.54, 1.807) is 18.2 Å². The Balaban J connectivity index is 1.85. The zero-order valence-electron chi connectivity index (χ0n) is 19.1. The minimum Gasteiger partial charge on any atom is -0.507 e. The molecule has 4 N–H and O–H groups in total. The first kappa shape index (κ1) is 22.9. The maximum atomic E-state index is 13.2. The third kappa shape index (κ3) is 3.50. The van der Waals surface area contributed by atoms with Gasteiger partial charge in [-0.2, -0.15) is 0 Å². The number of ether oxygens (including phenoxy) is 3. The van der Waals surface area contributed by atoms with Crippen molar-refractivity contribution in [1.29, 1.82) is 0 Å². The van der Waals surface area contributed by atoms with Gasteiger partial charge in [-0.05, 0) is 24.3 Å². The molecule has 0 fully saturated rings. The van der Waals surface area contributed by atoms with Gasteiger partial charge in [0.25, 0.3) is 0 Å². The average Bonchev–Trinajstić information content (AvgIpc) is 2.86. The van der Waals surface area contributed by atoms with E-state index in [0.717, 1.165) is 12.1 Å². The normalized spacial score (nSPS) is 14.8. The number of aromatic hydroxyl groups is 4. The lowest BCUT2D eigenvalue weighted by Crippen LogP contribution is -2.22. The van der Waals surface area contributed by atoms with Crippen LogP contribution in [-0.4, -0.2) is 40.6 Å². The van der Waals surface area contributed by atoms with Crippen LogP contribution in [0.2, 0.25) is 0 Å². The zero-order chi connectivity index (χ0) is 25.7. The number of hydrogen-bond acceptors (Lipinski definition) is 10. The van der Waals surface area contributed by atoms with Crippen LogP contribution in [0, 0.1) is 0 Å². The highest BCUT2D eigenvalue weighted by Crippen LogP contribution is 2.49. The Morgan fingerprint density at radius 3 is 2.36 bits per heavy atom. The third-order valence-corrected chi connectivity index (χ3v) is 6.12. The lowest BCUT2D eigenvalue weighted by Gasteiger charge is -2.27. The summed E-state index contributed by atoms with van der Waals surface area (Å²) in [4.78, 5) is 25.7. The van der Waals surface area contributed by atoms with Crippen LogP contribution in [0.5, 0.6) is 40.2 Å². The summed E-state index contributed by atoms with van der Waals surface area (Å²) in [7, 11) is 2.96. The van der Waals surface area contributed by atoms with Crippen LogP contribution in [0.1, 0.15) is 23.5 Å². The summed E-state index contributed by atoms with van der Waals surface area (Å²) in [5.41, 5.74) is -0.109. The summed E-state index contributed by atoms with van der Waals surface area (Å²) in [6, 6.07) is 9.77. The van der Waals surface area contributed by atoms with Gasteiger partial charge in [0.05, 0.1) is 20.6 Å². The number of phenols is 3. The average molecular weight is 492 g/mol. The number of esters is 1. The van der Waals surface area contributed by atoms with Gasteiger partial charge in [-0.3, -0.25) is 9.59 Å². The molecule has 0 amide bonds. The van der Waals surface area contributed by atoms with Crippen LogP contribution in [0.4, 0.5) is 0 Å². The standard InChI is InChI=1S/C26H20O10/c1-33-12-4-5-13(18(8-12)34-2)14-9-20(30)35-19-10-17(29)22-23(31)24(32)25(36-26(22)21(14)19)11-3-6-15(27)16(28)7-11/h3-8,10,14,27-29,32H,9H2,1-2H3/t14-/m1/s1. The van der Waals surface area contributed by atoms with Crippen molar-refractivity contribution in [2.45, 2.75) is 12.3 Å². The van der Waals surface area contributed by atoms with Gasteiger partial charge in [-0.1, -0.05) is 6.07 Å². The maximum absolute atomic E-state index is 13.2. The Bertz CT molecular complexity index is 1600. The topological polar surface area (TPSA) is 156 Å². The molecule has 1 aliphatic heterocycles. The first-order valence-corrected chi connectivity index (χ1v) is 10.7. The number of rotatable bonds is 4. The summed E-state index contributed by atoms with van der Waals surface area (Å²) in [5.74, 6) is -2.95. The number of carbonyl (C=O) groups excluding carboxylic acids is 1. The molecule has 2 heterocycles. The second-order valence-electron chi connectivity index (χ2n) is 8.16. The summed E-state index contributed by atoms with van der Waals surface area (Å²) >= 11 is 0. The predicted molar refractivity (Wildman–Crippen MR) is 126 cm³/mol. The van der Waals surface area contributed by atoms with E-state index in [9.17, 15) is 30.0 Å². The molecule has 0 aliphatic carbocycles. The van der Waals surface area contributed by atoms with Gasteiger partial charge >= 0.3 is 5.97 Å². The van der Waals surface area contributed by atoms with E-state index in [2.05, 4.69) is 0 Å². The molecule has 0 saturated heterocycles. The van der Waals surface area contributed by atoms with Crippen molar-refractivity contribution >= 4 is 16.9 Å². The van der Waals surface area contributed by atoms with Crippen molar-refractivity contribution in [1.82, 2.24) is 0 Å². The first-order valence-electron chi connectivity index (χ1n) is 10.7. The molecule has 10 nitrogen and oxygen atoms in total. The van der Waals surface area contributed by atoms with Gasteiger partial charge in [0.2, 0.25) is 11.2 Å². The monoisotopic (exact) mass is 492 g/mol. The number of carbonyl (C=O) groups is 1. The molecular formula is C26H20O10. The summed E-state index contributed by atoms with van der Waals surface area (Å²) in [6.07, 6.45) is -0.129. The lowest BCUT2D eigenvalue weighted by molar-refractivity contribution is -0.135. The molecule has 4 aromatic rings. The molecule has 0 radical (unpaired) electrons. The van der Waals surface area contributed by atoms with Gasteiger partial charge in [0, 0.05) is 34.7 Å². The Morgan fingerprint density at radius 2 is 1.67 bits per heavy atom. The van der Waals surface area contributed by atoms with Crippen molar-refractivity contribution in [3.8, 4) is 51.6 Å². The van der Waals surface area contributed by atoms with Crippen LogP contribution in [0.15, 0.2) is 51.7 Å². The van der Waals surface area contributed by atoms with Gasteiger partial charge in [-0.25, -0.2) is 0 Å². The van der Waals surface area contributed by atoms with Crippen molar-refractivity contribution in [2.24, 2.45) is 0 Å². The highest BCUT2D eigenvalue weighted by molar-refractivity contribution is 5.94. The predicted octanol–water partition coefficient (Wildman–Crippen LogP) is 3.74. The largest absolute Gasteiger partial charge is 0.507 e. The molecule has 5 rings (SSSR count). The highest BCUT2D eigenvalue weighted by Gasteiger charge is 2.36. The number of methoxy groups -OCH3 is 2. The smallest absolute Gasteiger partial charge is 0.312 e. The first-order chi connectivity index (χ1) is 17.2. The minimum absolute atomic E-state index is 0.0209. The van der Waals surface area contributed by atoms with E-state index < -0.39 is 40.3 Å². The molecule has 0 spiro atoms. The molecule has 1 aliphatic rings. The fraction of sp³-hybridized carbons (Fsp3) is 0.154. The lowest BCUT2D eigenvalue weighted by atomic mass is 9.84. The molecular weight excluding hydrogens is 472 g/mol. The molecule has 184 valence electrons. The molecule has 1 atom stereocenters. The van der Waals surface area contributed by atoms with Crippen molar-refractivity contribution < 1.29 is 43.8 Å². The van der Waals surface area contributed by atoms with E-state index >= 15 is 0 Å². The summed E-state index contributed by atoms with van der Waals surface area (Å²) < 4.78 is 22.1. The Kier molecular flexibility index (Phi) is 5.36. The number of fused-ring (bicyclic) bond motifs is 3. The second kappa shape index (κ2) is 8.42. The van der Waals surface area contributed by atoms with E-state index in [0.29, 0.717) is 17.1 Å². The van der Waals surface area contributed by atoms with Crippen molar-refractivity contribution in [2.75, 3.05) is 14.2 Å². The molecule has 0 bridgehead atoms. The fourth-order valence-corrected chi connectivity index (χ4v) is 4.41. The second-order valence-corrected chi connectivity index (χ2v) is 8.16. The molecule has 3 aromatic carbocycles. The van der Waals surface area contributed by atoms with E-state index in [1.165, 1.54) is 26.4 Å². The molecule has 36 heavy (non-hydrogen) atoms. The maximum Gasteiger partial charge on any atom is 0.312 e. The molecule has 1 aromatic heterocycles. The minimum atomic E-state index is -0.934. The number of hydrogen-bond donors (Lipinski definition) is 4. The summed E-state index contributed by atoms with van der Waals surface area (Å²) in [5, 5.41) is 40.5. The van der Waals surface area contributed by atoms with Crippen LogP contribution >= 0.6 is 0 Å². The SMILES string of the molecule is COc1ccc([C@H]2CC(=O)Oc3cc(O)c4c(=O)c(O)c(-c5ccc(O)c(O)c5)oc4c32)c(OC)c1. The third-order valence-electron chi connectivity index (χ3n) is 6.12. The van der Waals surface area contributed by atoms with Gasteiger partial charge in [0.1, 0.15) is 34.0 Å². The fourth-order valence-electron chi connectivity index (χ4n) is 4.41. The molecule has 0 saturated carbocycles. The van der Waals surface area contributed by atoms with Crippen LogP contribution in [0.3, 0.4) is 0 Å². The Hall–Kier alpha value is -4.86. The zero-order valence-corrected chi connectivity index (χ0v) is 19.1. The van der Waals surface area contributed by atoms with Gasteiger partial charge < -0.3 is 39.1 Å². The Labute approximate surface area is 203 Å². The highest BCUT2D eigenvalue weighted by atomic mass is 16.5. The summed E-state index contributed by atoms with van der Waals surface area (Å²) in [6.45, 7) is 0. The van der Waals surface area contributed by atoms with Crippen LogP contribution in [0.25, 0.3) is 22.3 Å². The molecule has 10 heteroatoms. The van der Waals surface area contributed by atoms with Gasteiger partial charge in [-0.15, -0.1) is 0 Å². The molecule has 0 unspecified atom stereocenters. The van der Waals surface area contributed by atoms with Crippen molar-refractivity contribution in [3.05, 3.63) is 63.8 Å². The van der Waals surface area contributed by atoms with Crippen LogP contribution in [-0.2, 0) is 4.79 Å². The van der Waals surface area contributed by atoms with Crippen molar-refractivity contribution in [3.63, 3.8) is 0 Å². The Morgan fingerprint density at radius 1 is 0.889 bits per heavy atom.